The molecule has 7 nitrogen and oxygen atoms in total. The van der Waals surface area contributed by atoms with E-state index in [1.807, 2.05) is 6.92 Å². The molecule has 1 aromatic heterocycles. The number of carbonyl (C=O) groups is 1. The number of rotatable bonds is 7. The van der Waals surface area contributed by atoms with Crippen molar-refractivity contribution in [1.29, 1.82) is 0 Å². The highest BCUT2D eigenvalue weighted by atomic mass is 32.2. The van der Waals surface area contributed by atoms with Gasteiger partial charge in [-0.25, -0.2) is 12.8 Å². The van der Waals surface area contributed by atoms with Gasteiger partial charge in [0, 0.05) is 31.8 Å². The topological polar surface area (TPSA) is 81.0 Å². The lowest BCUT2D eigenvalue weighted by Crippen LogP contribution is -2.31. The van der Waals surface area contributed by atoms with Crippen molar-refractivity contribution in [3.05, 3.63) is 58.6 Å². The summed E-state index contributed by atoms with van der Waals surface area (Å²) in [5.41, 5.74) is 0.654. The van der Waals surface area contributed by atoms with Crippen LogP contribution in [0.15, 0.2) is 52.4 Å². The van der Waals surface area contributed by atoms with E-state index in [0.29, 0.717) is 47.9 Å². The fraction of sp³-hybridized carbons (Fsp3) is 0.417. The Bertz CT molecular complexity index is 1320. The van der Waals surface area contributed by atoms with Gasteiger partial charge in [0.15, 0.2) is 4.80 Å². The van der Waals surface area contributed by atoms with Crippen LogP contribution in [0.3, 0.4) is 0 Å². The summed E-state index contributed by atoms with van der Waals surface area (Å²) in [6.45, 7) is 4.16. The van der Waals surface area contributed by atoms with Crippen molar-refractivity contribution in [2.24, 2.45) is 4.99 Å². The first-order valence-electron chi connectivity index (χ1n) is 11.5. The number of benzene rings is 2. The van der Waals surface area contributed by atoms with E-state index in [2.05, 4.69) is 4.99 Å². The van der Waals surface area contributed by atoms with E-state index in [1.54, 1.807) is 16.7 Å². The number of halogens is 1. The van der Waals surface area contributed by atoms with Crippen LogP contribution in [0.4, 0.5) is 4.39 Å². The number of aromatic nitrogens is 1. The maximum absolute atomic E-state index is 14.5. The zero-order chi connectivity index (χ0) is 24.1. The van der Waals surface area contributed by atoms with Gasteiger partial charge in [-0.2, -0.15) is 9.30 Å². The molecule has 0 aliphatic carbocycles. The number of thiazole rings is 1. The molecule has 3 aromatic rings. The van der Waals surface area contributed by atoms with Crippen LogP contribution in [-0.4, -0.2) is 49.5 Å². The van der Waals surface area contributed by atoms with Gasteiger partial charge >= 0.3 is 0 Å². The van der Waals surface area contributed by atoms with E-state index in [-0.39, 0.29) is 16.3 Å². The number of hydrogen-bond acceptors (Lipinski definition) is 5. The Labute approximate surface area is 202 Å². The van der Waals surface area contributed by atoms with Crippen molar-refractivity contribution in [2.75, 3.05) is 26.3 Å². The Morgan fingerprint density at radius 2 is 1.79 bits per heavy atom. The van der Waals surface area contributed by atoms with Crippen molar-refractivity contribution < 1.29 is 22.3 Å². The lowest BCUT2D eigenvalue weighted by atomic mass is 10.2. The standard InChI is InChI=1S/C24H28FN3O4S2/c1-2-32-17-16-28-22-20(25)8-7-9-21(22)33-24(28)26-23(29)18-10-12-19(13-11-18)34(30,31)27-14-5-3-4-6-15-27/h7-13H,2-6,14-17H2,1H3. The Hall–Kier alpha value is -2.40. The average Bonchev–Trinajstić information content (AvgIpc) is 2.99. The molecule has 1 aliphatic heterocycles. The number of para-hydroxylation sites is 1. The number of ether oxygens (including phenoxy) is 1. The fourth-order valence-electron chi connectivity index (χ4n) is 4.03. The predicted octanol–water partition coefficient (Wildman–Crippen LogP) is 4.18. The first-order chi connectivity index (χ1) is 16.4. The molecule has 0 unspecified atom stereocenters. The van der Waals surface area contributed by atoms with Crippen LogP contribution in [0.5, 0.6) is 0 Å². The number of carbonyl (C=O) groups excluding carboxylic acids is 1. The Balaban J connectivity index is 1.63. The molecule has 0 N–H and O–H groups in total. The molecule has 4 rings (SSSR count). The highest BCUT2D eigenvalue weighted by molar-refractivity contribution is 7.89. The van der Waals surface area contributed by atoms with Crippen LogP contribution in [0.25, 0.3) is 10.2 Å². The van der Waals surface area contributed by atoms with Gasteiger partial charge in [0.1, 0.15) is 5.82 Å². The van der Waals surface area contributed by atoms with Crippen molar-refractivity contribution in [2.45, 2.75) is 44.0 Å². The molecule has 0 radical (unpaired) electrons. The van der Waals surface area contributed by atoms with Crippen molar-refractivity contribution in [1.82, 2.24) is 8.87 Å². The highest BCUT2D eigenvalue weighted by Crippen LogP contribution is 2.22. The summed E-state index contributed by atoms with van der Waals surface area (Å²) in [4.78, 5) is 17.7. The fourth-order valence-corrected chi connectivity index (χ4v) is 6.62. The van der Waals surface area contributed by atoms with E-state index in [9.17, 15) is 17.6 Å². The maximum atomic E-state index is 14.5. The van der Waals surface area contributed by atoms with Crippen LogP contribution < -0.4 is 4.80 Å². The van der Waals surface area contributed by atoms with Crippen molar-refractivity contribution in [3.8, 4) is 0 Å². The number of nitrogens with zero attached hydrogens (tertiary/aromatic N) is 3. The summed E-state index contributed by atoms with van der Waals surface area (Å²) >= 11 is 1.22. The van der Waals surface area contributed by atoms with Crippen LogP contribution in [0.2, 0.25) is 0 Å². The van der Waals surface area contributed by atoms with Gasteiger partial charge in [0.05, 0.1) is 21.7 Å². The molecular formula is C24H28FN3O4S2. The highest BCUT2D eigenvalue weighted by Gasteiger charge is 2.25. The lowest BCUT2D eigenvalue weighted by Gasteiger charge is -2.19. The van der Waals surface area contributed by atoms with E-state index in [1.165, 1.54) is 46.0 Å². The summed E-state index contributed by atoms with van der Waals surface area (Å²) in [6, 6.07) is 10.7. The normalized spacial score (nSPS) is 16.1. The number of fused-ring (bicyclic) bond motifs is 1. The Kier molecular flexibility index (Phi) is 7.92. The zero-order valence-electron chi connectivity index (χ0n) is 19.1. The average molecular weight is 506 g/mol. The molecule has 10 heteroatoms. The maximum Gasteiger partial charge on any atom is 0.279 e. The van der Waals surface area contributed by atoms with Gasteiger partial charge in [-0.15, -0.1) is 0 Å². The quantitative estimate of drug-likeness (QED) is 0.451. The van der Waals surface area contributed by atoms with E-state index in [4.69, 9.17) is 4.74 Å². The van der Waals surface area contributed by atoms with Crippen molar-refractivity contribution in [3.63, 3.8) is 0 Å². The molecular weight excluding hydrogens is 477 g/mol. The molecule has 1 fully saturated rings. The number of hydrogen-bond donors (Lipinski definition) is 0. The molecule has 0 atom stereocenters. The molecule has 0 spiro atoms. The third kappa shape index (κ3) is 5.30. The number of amides is 1. The molecule has 0 saturated carbocycles. The second kappa shape index (κ2) is 10.9. The predicted molar refractivity (Wildman–Crippen MR) is 130 cm³/mol. The van der Waals surface area contributed by atoms with Crippen LogP contribution in [-0.2, 0) is 21.3 Å². The van der Waals surface area contributed by atoms with Gasteiger partial charge in [-0.05, 0) is 56.2 Å². The van der Waals surface area contributed by atoms with Gasteiger partial charge in [-0.3, -0.25) is 4.79 Å². The van der Waals surface area contributed by atoms with E-state index < -0.39 is 15.9 Å². The zero-order valence-corrected chi connectivity index (χ0v) is 20.7. The van der Waals surface area contributed by atoms with E-state index >= 15 is 0 Å². The summed E-state index contributed by atoms with van der Waals surface area (Å²) in [7, 11) is -3.59. The summed E-state index contributed by atoms with van der Waals surface area (Å²) < 4.78 is 49.8. The van der Waals surface area contributed by atoms with Gasteiger partial charge < -0.3 is 9.30 Å². The third-order valence-corrected chi connectivity index (χ3v) is 8.77. The van der Waals surface area contributed by atoms with Crippen LogP contribution >= 0.6 is 11.3 Å². The van der Waals surface area contributed by atoms with Crippen molar-refractivity contribution >= 4 is 37.5 Å². The van der Waals surface area contributed by atoms with Crippen LogP contribution in [0, 0.1) is 5.82 Å². The minimum Gasteiger partial charge on any atom is -0.380 e. The first-order valence-corrected chi connectivity index (χ1v) is 13.7. The second-order valence-corrected chi connectivity index (χ2v) is 11.0. The van der Waals surface area contributed by atoms with Gasteiger partial charge in [-0.1, -0.05) is 30.2 Å². The third-order valence-electron chi connectivity index (χ3n) is 5.82. The number of sulfonamides is 1. The Morgan fingerprint density at radius 3 is 2.47 bits per heavy atom. The molecule has 1 aliphatic rings. The summed E-state index contributed by atoms with van der Waals surface area (Å²) in [6.07, 6.45) is 3.78. The van der Waals surface area contributed by atoms with Gasteiger partial charge in [0.2, 0.25) is 10.0 Å². The Morgan fingerprint density at radius 1 is 1.09 bits per heavy atom. The second-order valence-electron chi connectivity index (χ2n) is 8.08. The van der Waals surface area contributed by atoms with E-state index in [0.717, 1.165) is 25.7 Å². The van der Waals surface area contributed by atoms with Gasteiger partial charge in [0.25, 0.3) is 5.91 Å². The molecule has 34 heavy (non-hydrogen) atoms. The first kappa shape index (κ1) is 24.7. The summed E-state index contributed by atoms with van der Waals surface area (Å²) in [5.74, 6) is -0.905. The summed E-state index contributed by atoms with van der Waals surface area (Å²) in [5, 5.41) is 0. The van der Waals surface area contributed by atoms with Crippen LogP contribution in [0.1, 0.15) is 43.0 Å². The molecule has 1 amide bonds. The molecule has 2 heterocycles. The monoisotopic (exact) mass is 505 g/mol. The largest absolute Gasteiger partial charge is 0.380 e. The lowest BCUT2D eigenvalue weighted by molar-refractivity contribution is 0.0996. The molecule has 1 saturated heterocycles. The molecule has 0 bridgehead atoms. The minimum absolute atomic E-state index is 0.168. The molecule has 2 aromatic carbocycles. The minimum atomic E-state index is -3.59. The SMILES string of the molecule is CCOCCn1c(=NC(=O)c2ccc(S(=O)(=O)N3CCCCCC3)cc2)sc2cccc(F)c21. The smallest absolute Gasteiger partial charge is 0.279 e. The molecule has 182 valence electrons.